The number of halogens is 1. The molecular formula is C10H10FNO5. The summed E-state index contributed by atoms with van der Waals surface area (Å²) in [4.78, 5) is 20.9. The van der Waals surface area contributed by atoms with E-state index >= 15 is 0 Å². The quantitative estimate of drug-likeness (QED) is 0.485. The third-order valence-corrected chi connectivity index (χ3v) is 2.18. The van der Waals surface area contributed by atoms with Crippen molar-refractivity contribution in [3.8, 4) is 0 Å². The second kappa shape index (κ2) is 5.35. The van der Waals surface area contributed by atoms with E-state index < -0.39 is 28.0 Å². The van der Waals surface area contributed by atoms with Crippen molar-refractivity contribution in [2.24, 2.45) is 0 Å². The van der Waals surface area contributed by atoms with Gasteiger partial charge < -0.3 is 9.84 Å². The van der Waals surface area contributed by atoms with Gasteiger partial charge in [0.2, 0.25) is 5.82 Å². The predicted octanol–water partition coefficient (Wildman–Crippen LogP) is 1.06. The Morgan fingerprint density at radius 2 is 2.24 bits per heavy atom. The van der Waals surface area contributed by atoms with Crippen molar-refractivity contribution in [3.05, 3.63) is 39.2 Å². The number of hydrogen-bond acceptors (Lipinski definition) is 5. The van der Waals surface area contributed by atoms with Crippen molar-refractivity contribution >= 4 is 11.7 Å². The fourth-order valence-electron chi connectivity index (χ4n) is 1.40. The molecular weight excluding hydrogens is 233 g/mol. The summed E-state index contributed by atoms with van der Waals surface area (Å²) in [5.74, 6) is -2.25. The molecule has 0 spiro atoms. The minimum atomic E-state index is -1.24. The van der Waals surface area contributed by atoms with Crippen LogP contribution in [0.5, 0.6) is 0 Å². The van der Waals surface area contributed by atoms with E-state index in [9.17, 15) is 19.3 Å². The van der Waals surface area contributed by atoms with Crippen molar-refractivity contribution < 1.29 is 24.0 Å². The van der Waals surface area contributed by atoms with E-state index in [1.54, 1.807) is 0 Å². The highest BCUT2D eigenvalue weighted by Crippen LogP contribution is 2.24. The maximum atomic E-state index is 13.7. The van der Waals surface area contributed by atoms with Gasteiger partial charge in [-0.2, -0.15) is 4.39 Å². The highest BCUT2D eigenvalue weighted by Gasteiger charge is 2.25. The fourth-order valence-corrected chi connectivity index (χ4v) is 1.40. The number of benzene rings is 1. The maximum absolute atomic E-state index is 13.7. The Bertz CT molecular complexity index is 460. The van der Waals surface area contributed by atoms with Gasteiger partial charge in [0.05, 0.1) is 12.0 Å². The first-order chi connectivity index (χ1) is 8.02. The molecule has 0 aromatic heterocycles. The summed E-state index contributed by atoms with van der Waals surface area (Å²) in [7, 11) is 1.04. The zero-order valence-corrected chi connectivity index (χ0v) is 8.97. The van der Waals surface area contributed by atoms with Crippen molar-refractivity contribution in [2.45, 2.75) is 6.42 Å². The van der Waals surface area contributed by atoms with E-state index in [4.69, 9.17) is 5.11 Å². The van der Waals surface area contributed by atoms with Crippen LogP contribution in [-0.4, -0.2) is 29.7 Å². The van der Waals surface area contributed by atoms with Gasteiger partial charge in [-0.25, -0.2) is 4.79 Å². The highest BCUT2D eigenvalue weighted by atomic mass is 19.1. The van der Waals surface area contributed by atoms with Gasteiger partial charge in [0.25, 0.3) is 0 Å². The molecule has 0 atom stereocenters. The summed E-state index contributed by atoms with van der Waals surface area (Å²) < 4.78 is 18.1. The lowest BCUT2D eigenvalue weighted by Crippen LogP contribution is -2.11. The van der Waals surface area contributed by atoms with Crippen LogP contribution in [-0.2, 0) is 11.2 Å². The summed E-state index contributed by atoms with van der Waals surface area (Å²) in [5, 5.41) is 19.3. The molecule has 92 valence electrons. The van der Waals surface area contributed by atoms with Crippen LogP contribution >= 0.6 is 0 Å². The Kier molecular flexibility index (Phi) is 4.11. The largest absolute Gasteiger partial charge is 0.465 e. The zero-order valence-electron chi connectivity index (χ0n) is 8.97. The molecule has 0 aliphatic carbocycles. The molecule has 0 aliphatic rings. The van der Waals surface area contributed by atoms with Gasteiger partial charge >= 0.3 is 11.7 Å². The SMILES string of the molecule is COC(=O)c1c(CCO)ccc([N+](=O)[O-])c1F. The second-order valence-electron chi connectivity index (χ2n) is 3.16. The van der Waals surface area contributed by atoms with Crippen LogP contribution in [0.3, 0.4) is 0 Å². The third kappa shape index (κ3) is 2.56. The smallest absolute Gasteiger partial charge is 0.341 e. The number of hydrogen-bond donors (Lipinski definition) is 1. The van der Waals surface area contributed by atoms with Gasteiger partial charge in [0, 0.05) is 12.7 Å². The molecule has 1 aromatic carbocycles. The topological polar surface area (TPSA) is 89.7 Å². The Labute approximate surface area is 95.8 Å². The van der Waals surface area contributed by atoms with Gasteiger partial charge in [-0.1, -0.05) is 6.07 Å². The first-order valence-corrected chi connectivity index (χ1v) is 4.67. The van der Waals surface area contributed by atoms with E-state index in [0.717, 1.165) is 13.2 Å². The number of nitro benzene ring substituents is 1. The van der Waals surface area contributed by atoms with Crippen molar-refractivity contribution in [1.29, 1.82) is 0 Å². The molecule has 7 heteroatoms. The lowest BCUT2D eigenvalue weighted by molar-refractivity contribution is -0.387. The summed E-state index contributed by atoms with van der Waals surface area (Å²) in [6.07, 6.45) is 0.0132. The lowest BCUT2D eigenvalue weighted by Gasteiger charge is -2.07. The molecule has 0 radical (unpaired) electrons. The van der Waals surface area contributed by atoms with Crippen LogP contribution in [0.15, 0.2) is 12.1 Å². The Morgan fingerprint density at radius 3 is 2.71 bits per heavy atom. The molecule has 0 bridgehead atoms. The number of nitro groups is 1. The number of rotatable bonds is 4. The first-order valence-electron chi connectivity index (χ1n) is 4.67. The van der Waals surface area contributed by atoms with Crippen molar-refractivity contribution in [3.63, 3.8) is 0 Å². The summed E-state index contributed by atoms with van der Waals surface area (Å²) in [6, 6.07) is 2.18. The number of esters is 1. The minimum absolute atomic E-state index is 0.0132. The van der Waals surface area contributed by atoms with E-state index in [1.807, 2.05) is 0 Å². The van der Waals surface area contributed by atoms with E-state index in [0.29, 0.717) is 0 Å². The normalized spacial score (nSPS) is 10.1. The monoisotopic (exact) mass is 243 g/mol. The van der Waals surface area contributed by atoms with Gasteiger partial charge in [-0.15, -0.1) is 0 Å². The minimum Gasteiger partial charge on any atom is -0.465 e. The maximum Gasteiger partial charge on any atom is 0.341 e. The van der Waals surface area contributed by atoms with E-state index in [1.165, 1.54) is 6.07 Å². The molecule has 1 rings (SSSR count). The molecule has 0 aliphatic heterocycles. The molecule has 6 nitrogen and oxygen atoms in total. The number of aliphatic hydroxyl groups is 1. The predicted molar refractivity (Wildman–Crippen MR) is 55.2 cm³/mol. The van der Waals surface area contributed by atoms with Crippen LogP contribution in [0.25, 0.3) is 0 Å². The van der Waals surface area contributed by atoms with Crippen LogP contribution in [0.2, 0.25) is 0 Å². The molecule has 1 N–H and O–H groups in total. The number of carbonyl (C=O) groups is 1. The molecule has 0 heterocycles. The number of ether oxygens (including phenoxy) is 1. The van der Waals surface area contributed by atoms with Crippen LogP contribution in [0, 0.1) is 15.9 Å². The molecule has 17 heavy (non-hydrogen) atoms. The van der Waals surface area contributed by atoms with E-state index in [-0.39, 0.29) is 18.6 Å². The third-order valence-electron chi connectivity index (χ3n) is 2.18. The van der Waals surface area contributed by atoms with Crippen molar-refractivity contribution in [1.82, 2.24) is 0 Å². The highest BCUT2D eigenvalue weighted by molar-refractivity contribution is 5.92. The lowest BCUT2D eigenvalue weighted by atomic mass is 10.0. The van der Waals surface area contributed by atoms with Gasteiger partial charge in [-0.3, -0.25) is 10.1 Å². The Balaban J connectivity index is 3.41. The second-order valence-corrected chi connectivity index (χ2v) is 3.16. The number of carbonyl (C=O) groups excluding carboxylic acids is 1. The molecule has 0 amide bonds. The first kappa shape index (κ1) is 13.0. The summed E-state index contributed by atoms with van der Waals surface area (Å²) in [6.45, 7) is -0.304. The average Bonchev–Trinajstić information content (AvgIpc) is 2.28. The number of methoxy groups -OCH3 is 1. The molecule has 1 aromatic rings. The number of aliphatic hydroxyl groups excluding tert-OH is 1. The van der Waals surface area contributed by atoms with E-state index in [2.05, 4.69) is 4.74 Å². The fraction of sp³-hybridized carbons (Fsp3) is 0.300. The Morgan fingerprint density at radius 1 is 1.59 bits per heavy atom. The number of nitrogens with zero attached hydrogens (tertiary/aromatic N) is 1. The molecule has 0 saturated heterocycles. The summed E-state index contributed by atoms with van der Waals surface area (Å²) >= 11 is 0. The zero-order chi connectivity index (χ0) is 13.0. The van der Waals surface area contributed by atoms with Crippen LogP contribution in [0.1, 0.15) is 15.9 Å². The summed E-state index contributed by atoms with van der Waals surface area (Å²) in [5.41, 5.74) is -1.13. The standard InChI is InChI=1S/C10H10FNO5/c1-17-10(14)8-6(4-5-13)2-3-7(9(8)11)12(15)16/h2-3,13H,4-5H2,1H3. The van der Waals surface area contributed by atoms with Crippen LogP contribution < -0.4 is 0 Å². The van der Waals surface area contributed by atoms with Gasteiger partial charge in [0.1, 0.15) is 5.56 Å². The van der Waals surface area contributed by atoms with Gasteiger partial charge in [-0.05, 0) is 12.0 Å². The molecule has 0 saturated carbocycles. The van der Waals surface area contributed by atoms with Crippen LogP contribution in [0.4, 0.5) is 10.1 Å². The molecule has 0 unspecified atom stereocenters. The van der Waals surface area contributed by atoms with Gasteiger partial charge in [0.15, 0.2) is 0 Å². The molecule has 0 fully saturated rings. The average molecular weight is 243 g/mol. The van der Waals surface area contributed by atoms with Crippen molar-refractivity contribution in [2.75, 3.05) is 13.7 Å². The Hall–Kier alpha value is -2.02.